The third kappa shape index (κ3) is 1.21. The lowest BCUT2D eigenvalue weighted by Crippen LogP contribution is -2.08. The average molecular weight is 177 g/mol. The molecule has 2 N–H and O–H groups in total. The molecule has 2 rings (SSSR count). The van der Waals surface area contributed by atoms with Crippen LogP contribution < -0.4 is 5.32 Å². The van der Waals surface area contributed by atoms with Crippen molar-refractivity contribution < 1.29 is 9.90 Å². The normalized spacial score (nSPS) is 19.8. The first-order valence-corrected chi connectivity index (χ1v) is 4.27. The highest BCUT2D eigenvalue weighted by molar-refractivity contribution is 6.02. The number of hydrogen-bond donors (Lipinski definition) is 2. The van der Waals surface area contributed by atoms with Gasteiger partial charge in [0.05, 0.1) is 12.5 Å². The first-order valence-electron chi connectivity index (χ1n) is 4.27. The van der Waals surface area contributed by atoms with Crippen molar-refractivity contribution in [2.45, 2.75) is 19.4 Å². The topological polar surface area (TPSA) is 49.3 Å². The molecule has 1 amide bonds. The number of nitrogens with one attached hydrogen (secondary N) is 1. The first kappa shape index (κ1) is 8.26. The van der Waals surface area contributed by atoms with E-state index >= 15 is 0 Å². The van der Waals surface area contributed by atoms with Crippen LogP contribution in [0.25, 0.3) is 0 Å². The number of carbonyl (C=O) groups excluding carboxylic acids is 1. The minimum Gasteiger partial charge on any atom is -0.392 e. The van der Waals surface area contributed by atoms with Crippen LogP contribution in [0.4, 0.5) is 5.69 Å². The van der Waals surface area contributed by atoms with E-state index in [2.05, 4.69) is 5.32 Å². The molecule has 0 radical (unpaired) electrons. The van der Waals surface area contributed by atoms with E-state index < -0.39 is 0 Å². The predicted molar refractivity (Wildman–Crippen MR) is 49.4 cm³/mol. The largest absolute Gasteiger partial charge is 0.392 e. The Morgan fingerprint density at radius 2 is 2.31 bits per heavy atom. The van der Waals surface area contributed by atoms with Gasteiger partial charge < -0.3 is 10.4 Å². The molecule has 1 aromatic rings. The number of amides is 1. The van der Waals surface area contributed by atoms with Gasteiger partial charge >= 0.3 is 0 Å². The Balaban J connectivity index is 2.47. The third-order valence-electron chi connectivity index (χ3n) is 2.42. The van der Waals surface area contributed by atoms with Crippen LogP contribution in [-0.4, -0.2) is 11.0 Å². The van der Waals surface area contributed by atoms with Crippen molar-refractivity contribution in [2.24, 2.45) is 0 Å². The molecule has 3 heteroatoms. The first-order chi connectivity index (χ1) is 6.22. The van der Waals surface area contributed by atoms with E-state index in [1.54, 1.807) is 0 Å². The van der Waals surface area contributed by atoms with Gasteiger partial charge in [-0.15, -0.1) is 0 Å². The van der Waals surface area contributed by atoms with Crippen LogP contribution in [0.2, 0.25) is 0 Å². The molecule has 1 aliphatic rings. The molecule has 0 aliphatic carbocycles. The van der Waals surface area contributed by atoms with Gasteiger partial charge in [-0.1, -0.05) is 12.1 Å². The van der Waals surface area contributed by atoms with Gasteiger partial charge in [-0.2, -0.15) is 0 Å². The SMILES string of the molecule is CC1C(=O)Nc2ccc(CO)cc21. The smallest absolute Gasteiger partial charge is 0.231 e. The number of anilines is 1. The molecule has 68 valence electrons. The Bertz CT molecular complexity index is 360. The Morgan fingerprint density at radius 1 is 1.54 bits per heavy atom. The standard InChI is InChI=1S/C10H11NO2/c1-6-8-4-7(5-12)2-3-9(8)11-10(6)13/h2-4,6,12H,5H2,1H3,(H,11,13). The highest BCUT2D eigenvalue weighted by Gasteiger charge is 2.26. The number of hydrogen-bond acceptors (Lipinski definition) is 2. The molecular weight excluding hydrogens is 166 g/mol. The lowest BCUT2D eigenvalue weighted by atomic mass is 10.0. The van der Waals surface area contributed by atoms with Gasteiger partial charge in [-0.25, -0.2) is 0 Å². The van der Waals surface area contributed by atoms with E-state index in [1.807, 2.05) is 25.1 Å². The zero-order chi connectivity index (χ0) is 9.42. The van der Waals surface area contributed by atoms with Crippen molar-refractivity contribution >= 4 is 11.6 Å². The number of aliphatic hydroxyl groups is 1. The van der Waals surface area contributed by atoms with Crippen LogP contribution >= 0.6 is 0 Å². The number of carbonyl (C=O) groups is 1. The Kier molecular flexibility index (Phi) is 1.81. The second-order valence-electron chi connectivity index (χ2n) is 3.29. The summed E-state index contributed by atoms with van der Waals surface area (Å²) in [4.78, 5) is 11.3. The molecule has 0 saturated carbocycles. The monoisotopic (exact) mass is 177 g/mol. The summed E-state index contributed by atoms with van der Waals surface area (Å²) in [5, 5.41) is 11.7. The molecule has 3 nitrogen and oxygen atoms in total. The fourth-order valence-electron chi connectivity index (χ4n) is 1.56. The van der Waals surface area contributed by atoms with Gasteiger partial charge in [0.2, 0.25) is 5.91 Å². The van der Waals surface area contributed by atoms with Gasteiger partial charge in [-0.05, 0) is 24.1 Å². The van der Waals surface area contributed by atoms with Gasteiger partial charge in [0.25, 0.3) is 0 Å². The van der Waals surface area contributed by atoms with Crippen LogP contribution in [0.1, 0.15) is 24.0 Å². The lowest BCUT2D eigenvalue weighted by molar-refractivity contribution is -0.116. The highest BCUT2D eigenvalue weighted by Crippen LogP contribution is 2.32. The summed E-state index contributed by atoms with van der Waals surface area (Å²) >= 11 is 0. The molecule has 1 unspecified atom stereocenters. The zero-order valence-corrected chi connectivity index (χ0v) is 7.37. The molecular formula is C10H11NO2. The number of benzene rings is 1. The molecule has 0 aromatic heterocycles. The molecule has 0 bridgehead atoms. The van der Waals surface area contributed by atoms with E-state index in [9.17, 15) is 4.79 Å². The summed E-state index contributed by atoms with van der Waals surface area (Å²) in [6.45, 7) is 1.89. The van der Waals surface area contributed by atoms with E-state index in [4.69, 9.17) is 5.11 Å². The van der Waals surface area contributed by atoms with E-state index in [1.165, 1.54) is 0 Å². The Morgan fingerprint density at radius 3 is 3.00 bits per heavy atom. The van der Waals surface area contributed by atoms with E-state index in [0.717, 1.165) is 16.8 Å². The number of aliphatic hydroxyl groups excluding tert-OH is 1. The molecule has 1 atom stereocenters. The van der Waals surface area contributed by atoms with E-state index in [0.29, 0.717) is 0 Å². The summed E-state index contributed by atoms with van der Waals surface area (Å²) < 4.78 is 0. The maximum absolute atomic E-state index is 11.3. The second-order valence-corrected chi connectivity index (χ2v) is 3.29. The van der Waals surface area contributed by atoms with Gasteiger partial charge in [-0.3, -0.25) is 4.79 Å². The quantitative estimate of drug-likeness (QED) is 0.678. The van der Waals surface area contributed by atoms with Crippen molar-refractivity contribution in [3.05, 3.63) is 29.3 Å². The molecule has 1 aliphatic heterocycles. The summed E-state index contributed by atoms with van der Waals surface area (Å²) in [6, 6.07) is 5.53. The lowest BCUT2D eigenvalue weighted by Gasteiger charge is -2.02. The molecule has 0 spiro atoms. The van der Waals surface area contributed by atoms with Crippen molar-refractivity contribution in [3.8, 4) is 0 Å². The fourth-order valence-corrected chi connectivity index (χ4v) is 1.56. The van der Waals surface area contributed by atoms with Crippen LogP contribution in [0, 0.1) is 0 Å². The zero-order valence-electron chi connectivity index (χ0n) is 7.37. The van der Waals surface area contributed by atoms with Crippen LogP contribution in [0.5, 0.6) is 0 Å². The fraction of sp³-hybridized carbons (Fsp3) is 0.300. The molecule has 1 heterocycles. The summed E-state index contributed by atoms with van der Waals surface area (Å²) in [7, 11) is 0. The predicted octanol–water partition coefficient (Wildman–Crippen LogP) is 1.23. The maximum atomic E-state index is 11.3. The number of fused-ring (bicyclic) bond motifs is 1. The van der Waals surface area contributed by atoms with Crippen molar-refractivity contribution in [2.75, 3.05) is 5.32 Å². The van der Waals surface area contributed by atoms with Crippen molar-refractivity contribution in [3.63, 3.8) is 0 Å². The third-order valence-corrected chi connectivity index (χ3v) is 2.42. The minimum absolute atomic E-state index is 0.0220. The highest BCUT2D eigenvalue weighted by atomic mass is 16.3. The van der Waals surface area contributed by atoms with Crippen molar-refractivity contribution in [1.29, 1.82) is 0 Å². The van der Waals surface area contributed by atoms with Crippen LogP contribution in [0.3, 0.4) is 0 Å². The Hall–Kier alpha value is -1.35. The summed E-state index contributed by atoms with van der Waals surface area (Å²) in [5.74, 6) is -0.0633. The Labute approximate surface area is 76.4 Å². The van der Waals surface area contributed by atoms with Gasteiger partial charge in [0.1, 0.15) is 0 Å². The minimum atomic E-state index is -0.0958. The number of rotatable bonds is 1. The molecule has 0 saturated heterocycles. The van der Waals surface area contributed by atoms with Crippen LogP contribution in [0.15, 0.2) is 18.2 Å². The molecule has 13 heavy (non-hydrogen) atoms. The van der Waals surface area contributed by atoms with Gasteiger partial charge in [0.15, 0.2) is 0 Å². The van der Waals surface area contributed by atoms with Crippen molar-refractivity contribution in [1.82, 2.24) is 0 Å². The molecule has 1 aromatic carbocycles. The average Bonchev–Trinajstić information content (AvgIpc) is 2.43. The summed E-state index contributed by atoms with van der Waals surface area (Å²) in [6.07, 6.45) is 0. The molecule has 0 fully saturated rings. The summed E-state index contributed by atoms with van der Waals surface area (Å²) in [5.41, 5.74) is 2.70. The maximum Gasteiger partial charge on any atom is 0.231 e. The second kappa shape index (κ2) is 2.85. The van der Waals surface area contributed by atoms with E-state index in [-0.39, 0.29) is 18.4 Å². The van der Waals surface area contributed by atoms with Gasteiger partial charge in [0, 0.05) is 5.69 Å². The van der Waals surface area contributed by atoms with Crippen LogP contribution in [-0.2, 0) is 11.4 Å².